The van der Waals surface area contributed by atoms with Gasteiger partial charge in [0.05, 0.1) is 12.6 Å². The molecule has 0 saturated carbocycles. The van der Waals surface area contributed by atoms with Crippen molar-refractivity contribution in [2.45, 2.75) is 26.8 Å². The number of thioether (sulfide) groups is 1. The predicted octanol–water partition coefficient (Wildman–Crippen LogP) is 4.50. The van der Waals surface area contributed by atoms with Gasteiger partial charge in [-0.2, -0.15) is 10.7 Å². The molecule has 0 aliphatic carbocycles. The largest absolute Gasteiger partial charge is 0.402 e. The quantitative estimate of drug-likeness (QED) is 0.239. The third-order valence-corrected chi connectivity index (χ3v) is 5.05. The van der Waals surface area contributed by atoms with Gasteiger partial charge in [0.25, 0.3) is 0 Å². The fraction of sp³-hybridized carbons (Fsp3) is 0.292. The molecule has 0 fully saturated rings. The summed E-state index contributed by atoms with van der Waals surface area (Å²) < 4.78 is 0. The topological polar surface area (TPSA) is 102 Å². The molecule has 1 aromatic heterocycles. The molecule has 1 unspecified atom stereocenters. The molecule has 0 aliphatic heterocycles. The van der Waals surface area contributed by atoms with Gasteiger partial charge in [-0.15, -0.1) is 0 Å². The average Bonchev–Trinajstić information content (AvgIpc) is 2.78. The molecule has 3 N–H and O–H groups in total. The minimum Gasteiger partial charge on any atom is -0.402 e. The Labute approximate surface area is 199 Å². The van der Waals surface area contributed by atoms with Crippen molar-refractivity contribution in [1.29, 1.82) is 5.26 Å². The number of allylic oxidation sites excluding steroid dienone is 2. The summed E-state index contributed by atoms with van der Waals surface area (Å²) >= 11 is 1.37. The van der Waals surface area contributed by atoms with Gasteiger partial charge in [-0.25, -0.2) is 4.98 Å². The summed E-state index contributed by atoms with van der Waals surface area (Å²) in [6.45, 7) is 6.62. The van der Waals surface area contributed by atoms with Crippen molar-refractivity contribution in [3.05, 3.63) is 70.8 Å². The molecule has 1 atom stereocenters. The van der Waals surface area contributed by atoms with Crippen molar-refractivity contribution in [3.8, 4) is 6.07 Å². The number of carbonyl (C=O) groups is 1. The van der Waals surface area contributed by atoms with E-state index in [0.717, 1.165) is 16.4 Å². The fourth-order valence-electron chi connectivity index (χ4n) is 2.78. The van der Waals surface area contributed by atoms with Crippen LogP contribution in [-0.2, 0) is 9.63 Å². The van der Waals surface area contributed by atoms with Gasteiger partial charge in [-0.1, -0.05) is 23.9 Å². The van der Waals surface area contributed by atoms with E-state index in [4.69, 9.17) is 10.1 Å². The van der Waals surface area contributed by atoms with Crippen LogP contribution in [0, 0.1) is 11.3 Å². The maximum Gasteiger partial charge on any atom is 0.243 e. The van der Waals surface area contributed by atoms with Crippen LogP contribution in [0.25, 0.3) is 0 Å². The zero-order chi connectivity index (χ0) is 24.1. The number of rotatable bonds is 12. The van der Waals surface area contributed by atoms with Crippen LogP contribution in [0.3, 0.4) is 0 Å². The Morgan fingerprint density at radius 2 is 2.09 bits per heavy atom. The van der Waals surface area contributed by atoms with Gasteiger partial charge < -0.3 is 20.4 Å². The Morgan fingerprint density at radius 3 is 2.79 bits per heavy atom. The summed E-state index contributed by atoms with van der Waals surface area (Å²) in [7, 11) is 1.83. The van der Waals surface area contributed by atoms with Crippen molar-refractivity contribution in [1.82, 2.24) is 10.5 Å². The summed E-state index contributed by atoms with van der Waals surface area (Å²) in [4.78, 5) is 24.9. The summed E-state index contributed by atoms with van der Waals surface area (Å²) in [5.41, 5.74) is 4.39. The van der Waals surface area contributed by atoms with Crippen LogP contribution in [0.2, 0.25) is 0 Å². The van der Waals surface area contributed by atoms with Crippen LogP contribution in [-0.4, -0.2) is 37.1 Å². The first-order valence-corrected chi connectivity index (χ1v) is 11.4. The van der Waals surface area contributed by atoms with Gasteiger partial charge in [0.15, 0.2) is 5.09 Å². The lowest BCUT2D eigenvalue weighted by Gasteiger charge is -2.18. The first-order chi connectivity index (χ1) is 15.9. The SMILES string of the molecule is CCNOC(=CC(C)Nc1cccc(NC(=O)CN(C)c2ccccn2)c1)S/C(C)=C/C#N. The number of nitrogens with zero attached hydrogens (tertiary/aromatic N) is 3. The molecule has 8 nitrogen and oxygen atoms in total. The van der Waals surface area contributed by atoms with Gasteiger partial charge in [0.2, 0.25) is 5.91 Å². The van der Waals surface area contributed by atoms with Crippen LogP contribution in [0.5, 0.6) is 0 Å². The van der Waals surface area contributed by atoms with Gasteiger partial charge in [0, 0.05) is 48.2 Å². The molecule has 33 heavy (non-hydrogen) atoms. The molecule has 0 aliphatic rings. The highest BCUT2D eigenvalue weighted by Gasteiger charge is 2.10. The number of anilines is 3. The fourth-order valence-corrected chi connectivity index (χ4v) is 3.58. The maximum absolute atomic E-state index is 12.5. The molecule has 1 heterocycles. The van der Waals surface area contributed by atoms with Crippen LogP contribution in [0.1, 0.15) is 20.8 Å². The molecule has 0 bridgehead atoms. The molecule has 0 saturated heterocycles. The van der Waals surface area contributed by atoms with E-state index in [0.29, 0.717) is 17.3 Å². The lowest BCUT2D eigenvalue weighted by molar-refractivity contribution is -0.114. The summed E-state index contributed by atoms with van der Waals surface area (Å²) in [6.07, 6.45) is 5.10. The highest BCUT2D eigenvalue weighted by molar-refractivity contribution is 8.06. The lowest BCUT2D eigenvalue weighted by Crippen LogP contribution is -2.30. The molecule has 9 heteroatoms. The second-order valence-electron chi connectivity index (χ2n) is 7.18. The van der Waals surface area contributed by atoms with E-state index in [2.05, 4.69) is 21.1 Å². The zero-order valence-corrected chi connectivity index (χ0v) is 20.1. The Balaban J connectivity index is 1.99. The molecule has 174 valence electrons. The normalized spacial score (nSPS) is 12.5. The molecule has 0 radical (unpaired) electrons. The van der Waals surface area contributed by atoms with E-state index >= 15 is 0 Å². The second-order valence-corrected chi connectivity index (χ2v) is 8.43. The van der Waals surface area contributed by atoms with E-state index < -0.39 is 0 Å². The van der Waals surface area contributed by atoms with E-state index in [-0.39, 0.29) is 18.5 Å². The molecule has 2 rings (SSSR count). The van der Waals surface area contributed by atoms with E-state index in [9.17, 15) is 4.79 Å². The third-order valence-electron chi connectivity index (χ3n) is 4.19. The summed E-state index contributed by atoms with van der Waals surface area (Å²) in [6, 6.07) is 15.1. The monoisotopic (exact) mass is 466 g/mol. The average molecular weight is 467 g/mol. The number of hydrogen-bond donors (Lipinski definition) is 3. The van der Waals surface area contributed by atoms with Crippen molar-refractivity contribution in [3.63, 3.8) is 0 Å². The minimum absolute atomic E-state index is 0.0673. The minimum atomic E-state index is -0.134. The number of carbonyl (C=O) groups excluding carboxylic acids is 1. The number of nitrogens with one attached hydrogen (secondary N) is 3. The van der Waals surface area contributed by atoms with E-state index in [1.807, 2.05) is 82.4 Å². The van der Waals surface area contributed by atoms with Crippen LogP contribution in [0.15, 0.2) is 70.8 Å². The van der Waals surface area contributed by atoms with Gasteiger partial charge >= 0.3 is 0 Å². The smallest absolute Gasteiger partial charge is 0.243 e. The number of pyridine rings is 1. The maximum atomic E-state index is 12.5. The Bertz CT molecular complexity index is 1000. The molecule has 0 spiro atoms. The van der Waals surface area contributed by atoms with Crippen LogP contribution in [0.4, 0.5) is 17.2 Å². The first-order valence-electron chi connectivity index (χ1n) is 10.6. The van der Waals surface area contributed by atoms with E-state index in [1.165, 1.54) is 17.8 Å². The number of hydrogen-bond acceptors (Lipinski definition) is 8. The highest BCUT2D eigenvalue weighted by Crippen LogP contribution is 2.26. The number of hydroxylamine groups is 1. The zero-order valence-electron chi connectivity index (χ0n) is 19.3. The van der Waals surface area contributed by atoms with Gasteiger partial charge in [-0.3, -0.25) is 4.79 Å². The van der Waals surface area contributed by atoms with Crippen molar-refractivity contribution < 1.29 is 9.63 Å². The van der Waals surface area contributed by atoms with Crippen molar-refractivity contribution >= 4 is 34.9 Å². The molecule has 2 aromatic rings. The predicted molar refractivity (Wildman–Crippen MR) is 135 cm³/mol. The van der Waals surface area contributed by atoms with Gasteiger partial charge in [-0.05, 0) is 57.2 Å². The summed E-state index contributed by atoms with van der Waals surface area (Å²) in [5.74, 6) is 0.600. The number of benzene rings is 1. The Morgan fingerprint density at radius 1 is 1.30 bits per heavy atom. The number of amides is 1. The van der Waals surface area contributed by atoms with Crippen LogP contribution < -0.4 is 21.0 Å². The molecular weight excluding hydrogens is 436 g/mol. The Hall–Kier alpha value is -3.48. The van der Waals surface area contributed by atoms with Crippen molar-refractivity contribution in [2.75, 3.05) is 35.7 Å². The number of aromatic nitrogens is 1. The standard InChI is InChI=1S/C24H30N6O2S/c1-5-27-32-24(33-19(3)12-13-25)15-18(2)28-20-9-8-10-21(16-20)29-23(31)17-30(4)22-11-6-7-14-26-22/h6-12,14-16,18,27-28H,5,17H2,1-4H3,(H,29,31)/b19-12+,24-15?. The molecular formula is C24H30N6O2S. The van der Waals surface area contributed by atoms with Gasteiger partial charge in [0.1, 0.15) is 5.82 Å². The first kappa shape index (κ1) is 25.8. The molecule has 1 aromatic carbocycles. The number of likely N-dealkylation sites (N-methyl/N-ethyl adjacent to an activating group) is 1. The second kappa shape index (κ2) is 13.8. The summed E-state index contributed by atoms with van der Waals surface area (Å²) in [5, 5.41) is 15.8. The highest BCUT2D eigenvalue weighted by atomic mass is 32.2. The molecule has 1 amide bonds. The lowest BCUT2D eigenvalue weighted by atomic mass is 10.2. The van der Waals surface area contributed by atoms with E-state index in [1.54, 1.807) is 11.1 Å². The Kier molecular flexibility index (Phi) is 10.8. The number of nitriles is 1. The third kappa shape index (κ3) is 9.68. The van der Waals surface area contributed by atoms with Crippen LogP contribution >= 0.6 is 11.8 Å². The van der Waals surface area contributed by atoms with Crippen molar-refractivity contribution in [2.24, 2.45) is 0 Å².